The minimum atomic E-state index is -0.374. The molecule has 2 aliphatic rings. The lowest BCUT2D eigenvalue weighted by molar-refractivity contribution is -0.128. The molecular formula is C22H21N3O2S2. The average Bonchev–Trinajstić information content (AvgIpc) is 3.05. The van der Waals surface area contributed by atoms with Crippen LogP contribution in [0.25, 0.3) is 0 Å². The van der Waals surface area contributed by atoms with Crippen LogP contribution in [0.3, 0.4) is 0 Å². The van der Waals surface area contributed by atoms with E-state index in [9.17, 15) is 9.59 Å². The average molecular weight is 424 g/mol. The Morgan fingerprint density at radius 3 is 2.34 bits per heavy atom. The van der Waals surface area contributed by atoms with E-state index in [0.29, 0.717) is 17.3 Å². The molecule has 0 aliphatic carbocycles. The minimum Gasteiger partial charge on any atom is -0.337 e. The van der Waals surface area contributed by atoms with Crippen molar-refractivity contribution in [3.8, 4) is 0 Å². The third-order valence-corrected chi connectivity index (χ3v) is 6.64. The zero-order valence-corrected chi connectivity index (χ0v) is 17.9. The molecule has 29 heavy (non-hydrogen) atoms. The van der Waals surface area contributed by atoms with Crippen molar-refractivity contribution in [1.29, 1.82) is 0 Å². The van der Waals surface area contributed by atoms with Crippen LogP contribution >= 0.6 is 24.0 Å². The van der Waals surface area contributed by atoms with Crippen LogP contribution in [0, 0.1) is 0 Å². The first-order chi connectivity index (χ1) is 14.0. The molecule has 0 atom stereocenters. The van der Waals surface area contributed by atoms with E-state index in [0.717, 1.165) is 23.4 Å². The van der Waals surface area contributed by atoms with Gasteiger partial charge in [-0.3, -0.25) is 19.4 Å². The van der Waals surface area contributed by atoms with E-state index in [2.05, 4.69) is 6.92 Å². The van der Waals surface area contributed by atoms with Gasteiger partial charge in [0.2, 0.25) is 0 Å². The van der Waals surface area contributed by atoms with Crippen LogP contribution in [0.5, 0.6) is 0 Å². The number of benzene rings is 2. The van der Waals surface area contributed by atoms with Crippen molar-refractivity contribution >= 4 is 52.3 Å². The van der Waals surface area contributed by atoms with Gasteiger partial charge in [-0.05, 0) is 42.9 Å². The molecule has 2 amide bonds. The van der Waals surface area contributed by atoms with Crippen molar-refractivity contribution in [1.82, 2.24) is 4.90 Å². The SMILES string of the molecule is CCCCN1C(=O)C(=C2Sc3ccccc3N2C)C(=O)N(c2ccccc2)C1=S. The van der Waals surface area contributed by atoms with Crippen LogP contribution in [0.4, 0.5) is 11.4 Å². The van der Waals surface area contributed by atoms with Crippen molar-refractivity contribution < 1.29 is 9.59 Å². The van der Waals surface area contributed by atoms with Gasteiger partial charge in [-0.25, -0.2) is 0 Å². The van der Waals surface area contributed by atoms with Gasteiger partial charge in [0.05, 0.1) is 16.4 Å². The smallest absolute Gasteiger partial charge is 0.272 e. The maximum Gasteiger partial charge on any atom is 0.272 e. The molecular weight excluding hydrogens is 402 g/mol. The number of amides is 2. The molecule has 0 saturated carbocycles. The summed E-state index contributed by atoms with van der Waals surface area (Å²) >= 11 is 7.04. The molecule has 7 heteroatoms. The van der Waals surface area contributed by atoms with Gasteiger partial charge in [0, 0.05) is 18.5 Å². The number of rotatable bonds is 4. The summed E-state index contributed by atoms with van der Waals surface area (Å²) in [6.45, 7) is 2.55. The maximum atomic E-state index is 13.5. The Morgan fingerprint density at radius 1 is 0.966 bits per heavy atom. The second-order valence-electron chi connectivity index (χ2n) is 6.88. The van der Waals surface area contributed by atoms with E-state index >= 15 is 0 Å². The molecule has 2 aromatic carbocycles. The monoisotopic (exact) mass is 423 g/mol. The highest BCUT2D eigenvalue weighted by atomic mass is 32.2. The van der Waals surface area contributed by atoms with Crippen LogP contribution in [0.2, 0.25) is 0 Å². The van der Waals surface area contributed by atoms with E-state index in [-0.39, 0.29) is 22.5 Å². The van der Waals surface area contributed by atoms with Gasteiger partial charge >= 0.3 is 0 Å². The molecule has 0 aromatic heterocycles. The summed E-state index contributed by atoms with van der Waals surface area (Å²) < 4.78 is 0. The number of hydrogen-bond acceptors (Lipinski definition) is 5. The van der Waals surface area contributed by atoms with E-state index in [4.69, 9.17) is 12.2 Å². The zero-order chi connectivity index (χ0) is 20.5. The summed E-state index contributed by atoms with van der Waals surface area (Å²) in [6, 6.07) is 17.2. The van der Waals surface area contributed by atoms with Crippen LogP contribution in [0.15, 0.2) is 70.1 Å². The van der Waals surface area contributed by atoms with Crippen molar-refractivity contribution in [3.63, 3.8) is 0 Å². The minimum absolute atomic E-state index is 0.169. The summed E-state index contributed by atoms with van der Waals surface area (Å²) in [6.07, 6.45) is 1.74. The highest BCUT2D eigenvalue weighted by Gasteiger charge is 2.44. The Labute approximate surface area is 180 Å². The van der Waals surface area contributed by atoms with Crippen LogP contribution in [0.1, 0.15) is 19.8 Å². The molecule has 0 radical (unpaired) electrons. The van der Waals surface area contributed by atoms with Crippen molar-refractivity contribution in [2.45, 2.75) is 24.7 Å². The number of fused-ring (bicyclic) bond motifs is 1. The fraction of sp³-hybridized carbons (Fsp3) is 0.227. The molecule has 4 rings (SSSR count). The first kappa shape index (κ1) is 19.7. The van der Waals surface area contributed by atoms with Crippen molar-refractivity contribution in [2.24, 2.45) is 0 Å². The first-order valence-corrected chi connectivity index (χ1v) is 10.8. The van der Waals surface area contributed by atoms with Crippen molar-refractivity contribution in [3.05, 3.63) is 65.2 Å². The highest BCUT2D eigenvalue weighted by Crippen LogP contribution is 2.47. The van der Waals surface area contributed by atoms with Gasteiger partial charge in [-0.1, -0.05) is 55.4 Å². The van der Waals surface area contributed by atoms with Gasteiger partial charge in [0.15, 0.2) is 5.11 Å². The third kappa shape index (κ3) is 3.34. The maximum absolute atomic E-state index is 13.5. The fourth-order valence-electron chi connectivity index (χ4n) is 3.46. The number of para-hydroxylation sites is 2. The predicted octanol–water partition coefficient (Wildman–Crippen LogP) is 4.40. The molecule has 2 aromatic rings. The number of anilines is 2. The Bertz CT molecular complexity index is 1020. The summed E-state index contributed by atoms with van der Waals surface area (Å²) in [5.74, 6) is -0.691. The molecule has 148 valence electrons. The number of unbranched alkanes of at least 4 members (excludes halogenated alkanes) is 1. The van der Waals surface area contributed by atoms with Gasteiger partial charge < -0.3 is 4.90 Å². The number of thioether (sulfide) groups is 1. The molecule has 0 unspecified atom stereocenters. The molecule has 2 heterocycles. The van der Waals surface area contributed by atoms with E-state index in [1.54, 1.807) is 4.90 Å². The summed E-state index contributed by atoms with van der Waals surface area (Å²) in [4.78, 5) is 32.9. The molecule has 2 aliphatic heterocycles. The lowest BCUT2D eigenvalue weighted by Gasteiger charge is -2.37. The molecule has 0 bridgehead atoms. The molecule has 5 nitrogen and oxygen atoms in total. The zero-order valence-electron chi connectivity index (χ0n) is 16.3. The molecule has 1 saturated heterocycles. The second kappa shape index (κ2) is 8.00. The number of nitrogens with zero attached hydrogens (tertiary/aromatic N) is 3. The predicted molar refractivity (Wildman–Crippen MR) is 121 cm³/mol. The lowest BCUT2D eigenvalue weighted by atomic mass is 10.1. The summed E-state index contributed by atoms with van der Waals surface area (Å²) in [5, 5.41) is 0.887. The van der Waals surface area contributed by atoms with E-state index in [1.807, 2.05) is 66.5 Å². The largest absolute Gasteiger partial charge is 0.337 e. The van der Waals surface area contributed by atoms with Gasteiger partial charge in [-0.2, -0.15) is 0 Å². The quantitative estimate of drug-likeness (QED) is 0.414. The standard InChI is InChI=1S/C22H21N3O2S2/c1-3-4-14-24-19(26)18(21-23(2)16-12-8-9-13-17(16)29-21)20(27)25(22(24)28)15-10-6-5-7-11-15/h5-13H,3-4,14H2,1-2H3. The molecule has 0 spiro atoms. The van der Waals surface area contributed by atoms with Gasteiger partial charge in [0.1, 0.15) is 5.57 Å². The first-order valence-electron chi connectivity index (χ1n) is 9.54. The van der Waals surface area contributed by atoms with Crippen LogP contribution < -0.4 is 9.80 Å². The Hall–Kier alpha value is -2.64. The molecule has 1 fully saturated rings. The summed E-state index contributed by atoms with van der Waals surface area (Å²) in [7, 11) is 1.89. The summed E-state index contributed by atoms with van der Waals surface area (Å²) in [5.41, 5.74) is 1.82. The van der Waals surface area contributed by atoms with Gasteiger partial charge in [-0.15, -0.1) is 0 Å². The number of thiocarbonyl (C=S) groups is 1. The fourth-order valence-corrected chi connectivity index (χ4v) is 4.99. The Balaban J connectivity index is 1.83. The van der Waals surface area contributed by atoms with E-state index < -0.39 is 0 Å². The van der Waals surface area contributed by atoms with Crippen LogP contribution in [-0.4, -0.2) is 35.4 Å². The van der Waals surface area contributed by atoms with Gasteiger partial charge in [0.25, 0.3) is 11.8 Å². The topological polar surface area (TPSA) is 43.9 Å². The van der Waals surface area contributed by atoms with Crippen LogP contribution in [-0.2, 0) is 9.59 Å². The number of carbonyl (C=O) groups excluding carboxylic acids is 2. The Kier molecular flexibility index (Phi) is 5.43. The number of hydrogen-bond donors (Lipinski definition) is 0. The van der Waals surface area contributed by atoms with E-state index in [1.165, 1.54) is 16.7 Å². The second-order valence-corrected chi connectivity index (χ2v) is 8.27. The normalized spacial score (nSPS) is 19.2. The third-order valence-electron chi connectivity index (χ3n) is 5.00. The molecule has 0 N–H and O–H groups in total. The van der Waals surface area contributed by atoms with Crippen molar-refractivity contribution in [2.75, 3.05) is 23.4 Å². The lowest BCUT2D eigenvalue weighted by Crippen LogP contribution is -2.57. The Morgan fingerprint density at radius 2 is 1.66 bits per heavy atom. The highest BCUT2D eigenvalue weighted by molar-refractivity contribution is 8.03. The number of carbonyl (C=O) groups is 2.